The molecule has 0 bridgehead atoms. The molecule has 0 N–H and O–H groups in total. The Morgan fingerprint density at radius 2 is 1.40 bits per heavy atom. The van der Waals surface area contributed by atoms with Gasteiger partial charge in [-0.25, -0.2) is 0 Å². The van der Waals surface area contributed by atoms with Crippen LogP contribution < -0.4 is 9.47 Å². The van der Waals surface area contributed by atoms with Gasteiger partial charge in [-0.2, -0.15) is 0 Å². The zero-order valence-electron chi connectivity index (χ0n) is 25.0. The Kier molecular flexibility index (Phi) is 8.91. The van der Waals surface area contributed by atoms with Crippen LogP contribution in [0.2, 0.25) is 0 Å². The lowest BCUT2D eigenvalue weighted by Gasteiger charge is -2.26. The smallest absolute Gasteiger partial charge is 0.119 e. The van der Waals surface area contributed by atoms with Gasteiger partial charge < -0.3 is 18.9 Å². The summed E-state index contributed by atoms with van der Waals surface area (Å²) >= 11 is 0. The molecule has 0 aliphatic carbocycles. The van der Waals surface area contributed by atoms with E-state index in [4.69, 9.17) is 9.47 Å². The van der Waals surface area contributed by atoms with E-state index in [1.807, 2.05) is 18.2 Å². The van der Waals surface area contributed by atoms with Crippen molar-refractivity contribution in [3.8, 4) is 22.8 Å². The maximum Gasteiger partial charge on any atom is 0.119 e. The number of nitrogens with zero attached hydrogens (tertiary/aromatic N) is 2. The fourth-order valence-corrected chi connectivity index (χ4v) is 6.16. The molecule has 0 saturated carbocycles. The van der Waals surface area contributed by atoms with Crippen LogP contribution in [0.1, 0.15) is 47.9 Å². The molecule has 5 aromatic rings. The van der Waals surface area contributed by atoms with Crippen LogP contribution in [0.4, 0.5) is 0 Å². The van der Waals surface area contributed by atoms with Gasteiger partial charge in [0, 0.05) is 24.0 Å². The molecule has 4 nitrogen and oxygen atoms in total. The van der Waals surface area contributed by atoms with Crippen molar-refractivity contribution in [2.24, 2.45) is 0 Å². The van der Waals surface area contributed by atoms with E-state index in [0.29, 0.717) is 6.61 Å². The molecule has 6 rings (SSSR count). The maximum atomic E-state index is 6.10. The quantitative estimate of drug-likeness (QED) is 0.152. The van der Waals surface area contributed by atoms with E-state index in [2.05, 4.69) is 102 Å². The second-order valence-electron chi connectivity index (χ2n) is 11.6. The molecule has 0 unspecified atom stereocenters. The maximum absolute atomic E-state index is 6.10. The Bertz CT molecular complexity index is 1580. The summed E-state index contributed by atoms with van der Waals surface area (Å²) < 4.78 is 14.6. The molecule has 0 amide bonds. The van der Waals surface area contributed by atoms with E-state index in [-0.39, 0.29) is 0 Å². The summed E-state index contributed by atoms with van der Waals surface area (Å²) in [6.45, 7) is 10.2. The minimum atomic E-state index is 0.566. The summed E-state index contributed by atoms with van der Waals surface area (Å²) in [4.78, 5) is 2.57. The largest absolute Gasteiger partial charge is 0.494 e. The topological polar surface area (TPSA) is 26.6 Å². The predicted octanol–water partition coefficient (Wildman–Crippen LogP) is 8.81. The van der Waals surface area contributed by atoms with E-state index < -0.39 is 0 Å². The average Bonchev–Trinajstić information content (AvgIpc) is 3.30. The van der Waals surface area contributed by atoms with Crippen molar-refractivity contribution in [2.45, 2.75) is 52.7 Å². The number of fused-ring (bicyclic) bond motifs is 1. The van der Waals surface area contributed by atoms with Gasteiger partial charge in [0.05, 0.1) is 12.3 Å². The van der Waals surface area contributed by atoms with Gasteiger partial charge in [-0.15, -0.1) is 0 Å². The Hall–Kier alpha value is -4.02. The monoisotopic (exact) mass is 558 g/mol. The SMILES string of the molecule is Cc1ccc2c(c1)c(C)c(-c1ccc(OCc3ccccc3)cc1)n2Cc1ccc(OCCCN2CCCCC2)cc1. The van der Waals surface area contributed by atoms with Gasteiger partial charge in [-0.05, 0) is 117 Å². The highest BCUT2D eigenvalue weighted by atomic mass is 16.5. The van der Waals surface area contributed by atoms with Crippen LogP contribution in [-0.4, -0.2) is 35.7 Å². The van der Waals surface area contributed by atoms with Crippen molar-refractivity contribution in [3.63, 3.8) is 0 Å². The first-order valence-electron chi connectivity index (χ1n) is 15.4. The molecular formula is C38H42N2O2. The number of benzene rings is 4. The van der Waals surface area contributed by atoms with Gasteiger partial charge in [0.15, 0.2) is 0 Å². The molecule has 1 aliphatic heterocycles. The number of rotatable bonds is 11. The summed E-state index contributed by atoms with van der Waals surface area (Å²) in [5.74, 6) is 1.83. The molecule has 4 heteroatoms. The Balaban J connectivity index is 1.17. The molecule has 0 radical (unpaired) electrons. The van der Waals surface area contributed by atoms with Gasteiger partial charge in [0.1, 0.15) is 18.1 Å². The van der Waals surface area contributed by atoms with Crippen molar-refractivity contribution in [1.29, 1.82) is 0 Å². The summed E-state index contributed by atoms with van der Waals surface area (Å²) in [5.41, 5.74) is 8.72. The number of hydrogen-bond donors (Lipinski definition) is 0. The molecule has 1 fully saturated rings. The van der Waals surface area contributed by atoms with E-state index >= 15 is 0 Å². The third kappa shape index (κ3) is 6.71. The van der Waals surface area contributed by atoms with E-state index in [0.717, 1.165) is 37.6 Å². The third-order valence-corrected chi connectivity index (χ3v) is 8.45. The minimum absolute atomic E-state index is 0.566. The van der Waals surface area contributed by atoms with Crippen LogP contribution in [0, 0.1) is 13.8 Å². The lowest BCUT2D eigenvalue weighted by atomic mass is 10.1. The highest BCUT2D eigenvalue weighted by Crippen LogP contribution is 2.35. The second kappa shape index (κ2) is 13.3. The number of aromatic nitrogens is 1. The van der Waals surface area contributed by atoms with Crippen molar-refractivity contribution in [3.05, 3.63) is 119 Å². The first-order valence-corrected chi connectivity index (χ1v) is 15.4. The molecule has 1 saturated heterocycles. The fourth-order valence-electron chi connectivity index (χ4n) is 6.16. The number of hydrogen-bond acceptors (Lipinski definition) is 3. The number of ether oxygens (including phenoxy) is 2. The molecule has 4 aromatic carbocycles. The number of aryl methyl sites for hydroxylation is 2. The first-order chi connectivity index (χ1) is 20.6. The Morgan fingerprint density at radius 3 is 2.17 bits per heavy atom. The minimum Gasteiger partial charge on any atom is -0.494 e. The summed E-state index contributed by atoms with van der Waals surface area (Å²) in [6, 6.07) is 34.3. The molecule has 1 aliphatic rings. The normalized spacial score (nSPS) is 13.9. The Morgan fingerprint density at radius 1 is 0.690 bits per heavy atom. The van der Waals surface area contributed by atoms with Crippen molar-refractivity contribution >= 4 is 10.9 Å². The first kappa shape index (κ1) is 28.1. The fraction of sp³-hybridized carbons (Fsp3) is 0.316. The molecule has 0 spiro atoms. The summed E-state index contributed by atoms with van der Waals surface area (Å²) in [5, 5.41) is 1.31. The van der Waals surface area contributed by atoms with Gasteiger partial charge in [0.25, 0.3) is 0 Å². The third-order valence-electron chi connectivity index (χ3n) is 8.45. The number of piperidine rings is 1. The van der Waals surface area contributed by atoms with Crippen LogP contribution in [0.15, 0.2) is 97.1 Å². The lowest BCUT2D eigenvalue weighted by molar-refractivity contribution is 0.205. The highest BCUT2D eigenvalue weighted by Gasteiger charge is 2.17. The lowest BCUT2D eigenvalue weighted by Crippen LogP contribution is -2.31. The average molecular weight is 559 g/mol. The van der Waals surface area contributed by atoms with Gasteiger partial charge in [-0.1, -0.05) is 60.5 Å². The van der Waals surface area contributed by atoms with Crippen LogP contribution >= 0.6 is 0 Å². The molecule has 42 heavy (non-hydrogen) atoms. The van der Waals surface area contributed by atoms with Crippen molar-refractivity contribution < 1.29 is 9.47 Å². The van der Waals surface area contributed by atoms with Crippen molar-refractivity contribution in [2.75, 3.05) is 26.2 Å². The molecule has 216 valence electrons. The van der Waals surface area contributed by atoms with Gasteiger partial charge >= 0.3 is 0 Å². The van der Waals surface area contributed by atoms with Crippen LogP contribution in [0.25, 0.3) is 22.2 Å². The zero-order valence-corrected chi connectivity index (χ0v) is 25.0. The van der Waals surface area contributed by atoms with Crippen LogP contribution in [0.3, 0.4) is 0 Å². The second-order valence-corrected chi connectivity index (χ2v) is 11.6. The van der Waals surface area contributed by atoms with E-state index in [1.54, 1.807) is 0 Å². The summed E-state index contributed by atoms with van der Waals surface area (Å²) in [6.07, 6.45) is 5.15. The molecule has 2 heterocycles. The summed E-state index contributed by atoms with van der Waals surface area (Å²) in [7, 11) is 0. The van der Waals surface area contributed by atoms with Gasteiger partial charge in [0.2, 0.25) is 0 Å². The zero-order chi connectivity index (χ0) is 28.7. The van der Waals surface area contributed by atoms with Gasteiger partial charge in [-0.3, -0.25) is 0 Å². The standard InChI is InChI=1S/C38H42N2O2/c1-29-12-21-37-36(26-29)30(2)38(33-15-19-35(20-16-33)42-28-32-10-5-3-6-11-32)40(37)27-31-13-17-34(18-14-31)41-25-9-24-39-22-7-4-8-23-39/h3,5-6,10-21,26H,4,7-9,22-25,27-28H2,1-2H3. The predicted molar refractivity (Wildman–Crippen MR) is 174 cm³/mol. The van der Waals surface area contributed by atoms with E-state index in [9.17, 15) is 0 Å². The molecular weight excluding hydrogens is 516 g/mol. The highest BCUT2D eigenvalue weighted by molar-refractivity contribution is 5.92. The van der Waals surface area contributed by atoms with E-state index in [1.165, 1.54) is 76.8 Å². The molecule has 1 aromatic heterocycles. The molecule has 0 atom stereocenters. The van der Waals surface area contributed by atoms with Crippen molar-refractivity contribution in [1.82, 2.24) is 9.47 Å². The number of likely N-dealkylation sites (tertiary alicyclic amines) is 1. The van der Waals surface area contributed by atoms with Crippen LogP contribution in [-0.2, 0) is 13.2 Å². The Labute approximate surface area is 250 Å². The van der Waals surface area contributed by atoms with Crippen LogP contribution in [0.5, 0.6) is 11.5 Å².